The average molecular weight is 487 g/mol. The summed E-state index contributed by atoms with van der Waals surface area (Å²) in [7, 11) is -3.13. The Labute approximate surface area is 198 Å². The highest BCUT2D eigenvalue weighted by Crippen LogP contribution is 2.46. The highest BCUT2D eigenvalue weighted by atomic mass is 31.2. The minimum absolute atomic E-state index is 0.0237. The van der Waals surface area contributed by atoms with Crippen LogP contribution in [0, 0.1) is 0 Å². The number of aromatic nitrogens is 4. The smallest absolute Gasteiger partial charge is 0.323 e. The minimum atomic E-state index is -3.13. The third-order valence-electron chi connectivity index (χ3n) is 5.85. The van der Waals surface area contributed by atoms with Crippen molar-refractivity contribution in [2.75, 3.05) is 12.1 Å². The number of carbonyl (C=O) groups excluding carboxylic acids is 1. The molecule has 34 heavy (non-hydrogen) atoms. The number of hydrogen-bond donors (Lipinski definition) is 2. The molecule has 1 unspecified atom stereocenters. The first-order valence-corrected chi connectivity index (χ1v) is 13.5. The predicted octanol–water partition coefficient (Wildman–Crippen LogP) is 3.32. The van der Waals surface area contributed by atoms with Crippen LogP contribution in [0.3, 0.4) is 0 Å². The van der Waals surface area contributed by atoms with Gasteiger partial charge in [0.2, 0.25) is 0 Å². The normalized spacial score (nSPS) is 17.6. The van der Waals surface area contributed by atoms with Crippen molar-refractivity contribution < 1.29 is 18.8 Å². The van der Waals surface area contributed by atoms with E-state index in [0.29, 0.717) is 23.5 Å². The summed E-state index contributed by atoms with van der Waals surface area (Å²) in [5.74, 6) is -0.0650. The van der Waals surface area contributed by atoms with E-state index in [2.05, 4.69) is 20.0 Å². The molecule has 1 aliphatic rings. The summed E-state index contributed by atoms with van der Waals surface area (Å²) < 4.78 is 27.3. The lowest BCUT2D eigenvalue weighted by molar-refractivity contribution is -0.154. The first kappa shape index (κ1) is 24.3. The molecule has 11 heteroatoms. The summed E-state index contributed by atoms with van der Waals surface area (Å²) in [6.45, 7) is 4.01. The number of imidazole rings is 1. The summed E-state index contributed by atoms with van der Waals surface area (Å²) >= 11 is 0. The number of fused-ring (bicyclic) bond motifs is 1. The van der Waals surface area contributed by atoms with Gasteiger partial charge >= 0.3 is 5.97 Å². The maximum Gasteiger partial charge on any atom is 0.323 e. The van der Waals surface area contributed by atoms with Crippen LogP contribution < -0.4 is 10.8 Å². The van der Waals surface area contributed by atoms with E-state index >= 15 is 0 Å². The Morgan fingerprint density at radius 2 is 2.00 bits per heavy atom. The van der Waals surface area contributed by atoms with Crippen molar-refractivity contribution in [2.45, 2.75) is 64.1 Å². The van der Waals surface area contributed by atoms with E-state index in [4.69, 9.17) is 15.2 Å². The molecule has 3 N–H and O–H groups in total. The van der Waals surface area contributed by atoms with Crippen LogP contribution >= 0.6 is 7.29 Å². The van der Waals surface area contributed by atoms with Gasteiger partial charge in [-0.1, -0.05) is 30.3 Å². The van der Waals surface area contributed by atoms with Gasteiger partial charge in [0.15, 0.2) is 18.8 Å². The number of benzene rings is 1. The standard InChI is InChI=1S/C23H31N6O4P/c1-16(11-29-14-27-20-21(24)25-13-26-22(20)29)32-15-34(31,12-18-7-4-3-5-8-18)28-17(2)23(30)33-19-9-6-10-19/h3-5,7-8,13-14,16-17,19H,6,9-12,15H2,1-2H3,(H,28,31)(H2,24,25,26)/t16-,17+,34?/m1/s1. The van der Waals surface area contributed by atoms with Crippen LogP contribution in [0.5, 0.6) is 0 Å². The Balaban J connectivity index is 1.42. The van der Waals surface area contributed by atoms with Crippen molar-refractivity contribution >= 4 is 30.2 Å². The topological polar surface area (TPSA) is 134 Å². The molecule has 0 aliphatic heterocycles. The van der Waals surface area contributed by atoms with Gasteiger partial charge in [-0.2, -0.15) is 0 Å². The number of carbonyl (C=O) groups is 1. The second kappa shape index (κ2) is 10.6. The van der Waals surface area contributed by atoms with Gasteiger partial charge in [0.25, 0.3) is 0 Å². The van der Waals surface area contributed by atoms with Crippen molar-refractivity contribution in [1.82, 2.24) is 24.6 Å². The van der Waals surface area contributed by atoms with Crippen LogP contribution in [0.4, 0.5) is 5.82 Å². The SMILES string of the molecule is C[C@H](Cn1cnc2c(N)ncnc21)OCP(=O)(Cc1ccccc1)N[C@@H](C)C(=O)OC1CCC1. The highest BCUT2D eigenvalue weighted by Gasteiger charge is 2.31. The Morgan fingerprint density at radius 3 is 2.71 bits per heavy atom. The van der Waals surface area contributed by atoms with Crippen molar-refractivity contribution in [3.8, 4) is 0 Å². The van der Waals surface area contributed by atoms with Gasteiger partial charge in [0, 0.05) is 6.16 Å². The van der Waals surface area contributed by atoms with Crippen LogP contribution in [0.1, 0.15) is 38.7 Å². The first-order valence-electron chi connectivity index (χ1n) is 11.5. The molecular weight excluding hydrogens is 455 g/mol. The van der Waals surface area contributed by atoms with Crippen LogP contribution in [-0.4, -0.2) is 50.1 Å². The molecule has 0 spiro atoms. The number of anilines is 1. The minimum Gasteiger partial charge on any atom is -0.461 e. The van der Waals surface area contributed by atoms with Crippen LogP contribution in [0.25, 0.3) is 11.2 Å². The summed E-state index contributed by atoms with van der Waals surface area (Å²) in [5.41, 5.74) is 7.91. The average Bonchev–Trinajstić information content (AvgIpc) is 3.19. The number of hydrogen-bond acceptors (Lipinski definition) is 8. The van der Waals surface area contributed by atoms with E-state index in [0.717, 1.165) is 24.8 Å². The molecule has 2 aromatic heterocycles. The lowest BCUT2D eigenvalue weighted by Crippen LogP contribution is -2.38. The first-order chi connectivity index (χ1) is 16.3. The van der Waals surface area contributed by atoms with Crippen molar-refractivity contribution in [2.24, 2.45) is 0 Å². The third kappa shape index (κ3) is 6.00. The molecule has 182 valence electrons. The molecule has 3 atom stereocenters. The van der Waals surface area contributed by atoms with E-state index < -0.39 is 13.3 Å². The van der Waals surface area contributed by atoms with Crippen LogP contribution in [-0.2, 0) is 31.5 Å². The lowest BCUT2D eigenvalue weighted by atomic mass is 9.96. The molecule has 0 bridgehead atoms. The Morgan fingerprint density at radius 1 is 1.24 bits per heavy atom. The number of nitrogen functional groups attached to an aromatic ring is 1. The number of rotatable bonds is 11. The van der Waals surface area contributed by atoms with Gasteiger partial charge in [0.1, 0.15) is 30.3 Å². The monoisotopic (exact) mass is 486 g/mol. The number of esters is 1. The van der Waals surface area contributed by atoms with Crippen molar-refractivity contribution in [1.29, 1.82) is 0 Å². The second-order valence-corrected chi connectivity index (χ2v) is 11.4. The fraction of sp³-hybridized carbons (Fsp3) is 0.478. The van der Waals surface area contributed by atoms with E-state index in [1.807, 2.05) is 41.8 Å². The molecule has 1 aromatic carbocycles. The van der Waals surface area contributed by atoms with Gasteiger partial charge in [-0.15, -0.1) is 0 Å². The predicted molar refractivity (Wildman–Crippen MR) is 129 cm³/mol. The maximum atomic E-state index is 13.9. The number of ether oxygens (including phenoxy) is 2. The van der Waals surface area contributed by atoms with Gasteiger partial charge < -0.3 is 24.3 Å². The third-order valence-corrected chi connectivity index (χ3v) is 8.15. The van der Waals surface area contributed by atoms with Crippen LogP contribution in [0.2, 0.25) is 0 Å². The van der Waals surface area contributed by atoms with Crippen LogP contribution in [0.15, 0.2) is 43.0 Å². The summed E-state index contributed by atoms with van der Waals surface area (Å²) in [6, 6.07) is 8.83. The van der Waals surface area contributed by atoms with Crippen molar-refractivity contribution in [3.05, 3.63) is 48.5 Å². The second-order valence-electron chi connectivity index (χ2n) is 8.81. The quantitative estimate of drug-likeness (QED) is 0.309. The molecule has 10 nitrogen and oxygen atoms in total. The molecule has 0 radical (unpaired) electrons. The van der Waals surface area contributed by atoms with E-state index in [9.17, 15) is 9.36 Å². The molecule has 1 fully saturated rings. The van der Waals surface area contributed by atoms with Crippen molar-refractivity contribution in [3.63, 3.8) is 0 Å². The summed E-state index contributed by atoms with van der Waals surface area (Å²) in [4.78, 5) is 25.0. The maximum absolute atomic E-state index is 13.9. The van der Waals surface area contributed by atoms with Gasteiger partial charge in [-0.05, 0) is 38.7 Å². The Hall–Kier alpha value is -2.81. The van der Waals surface area contributed by atoms with E-state index in [1.54, 1.807) is 13.3 Å². The zero-order valence-corrected chi connectivity index (χ0v) is 20.4. The molecule has 3 aromatic rings. The zero-order valence-electron chi connectivity index (χ0n) is 19.5. The molecule has 0 amide bonds. The molecule has 1 aliphatic carbocycles. The number of nitrogens with two attached hydrogens (primary N) is 1. The van der Waals surface area contributed by atoms with Gasteiger partial charge in [0.05, 0.1) is 19.0 Å². The largest absolute Gasteiger partial charge is 0.461 e. The van der Waals surface area contributed by atoms with Gasteiger partial charge in [-0.3, -0.25) is 9.88 Å². The van der Waals surface area contributed by atoms with E-state index in [-0.39, 0.29) is 30.7 Å². The lowest BCUT2D eigenvalue weighted by Gasteiger charge is -2.29. The number of nitrogens with one attached hydrogen (secondary N) is 1. The molecule has 2 heterocycles. The number of nitrogens with zero attached hydrogens (tertiary/aromatic N) is 4. The molecule has 0 saturated heterocycles. The Bertz CT molecular complexity index is 1170. The molecular formula is C23H31N6O4P. The summed E-state index contributed by atoms with van der Waals surface area (Å²) in [5, 5.41) is 3.05. The Kier molecular flexibility index (Phi) is 7.60. The molecule has 1 saturated carbocycles. The zero-order chi connectivity index (χ0) is 24.1. The molecule has 4 rings (SSSR count). The highest BCUT2D eigenvalue weighted by molar-refractivity contribution is 7.60. The van der Waals surface area contributed by atoms with Gasteiger partial charge in [-0.25, -0.2) is 15.0 Å². The fourth-order valence-corrected chi connectivity index (χ4v) is 6.14. The fourth-order valence-electron chi connectivity index (χ4n) is 3.78. The summed E-state index contributed by atoms with van der Waals surface area (Å²) in [6.07, 6.45) is 5.79. The van der Waals surface area contributed by atoms with E-state index in [1.165, 1.54) is 6.33 Å².